The van der Waals surface area contributed by atoms with Crippen LogP contribution in [0.4, 0.5) is 0 Å². The van der Waals surface area contributed by atoms with E-state index in [1.807, 2.05) is 24.3 Å². The van der Waals surface area contributed by atoms with Gasteiger partial charge in [0.25, 0.3) is 0 Å². The summed E-state index contributed by atoms with van der Waals surface area (Å²) in [5.41, 5.74) is 3.37. The lowest BCUT2D eigenvalue weighted by molar-refractivity contribution is 0.141. The van der Waals surface area contributed by atoms with Gasteiger partial charge in [0.1, 0.15) is 11.5 Å². The minimum Gasteiger partial charge on any atom is -0.497 e. The van der Waals surface area contributed by atoms with Crippen LogP contribution in [-0.2, 0) is 6.42 Å². The predicted molar refractivity (Wildman–Crippen MR) is 82.0 cm³/mol. The van der Waals surface area contributed by atoms with Crippen molar-refractivity contribution in [1.82, 2.24) is 0 Å². The first-order chi connectivity index (χ1) is 10.2. The van der Waals surface area contributed by atoms with Crippen molar-refractivity contribution in [3.63, 3.8) is 0 Å². The van der Waals surface area contributed by atoms with Gasteiger partial charge in [0, 0.05) is 11.5 Å². The first-order valence-electron chi connectivity index (χ1n) is 7.22. The maximum Gasteiger partial charge on any atom is 0.124 e. The molecule has 0 bridgehead atoms. The summed E-state index contributed by atoms with van der Waals surface area (Å²) in [5, 5.41) is 10.9. The first kappa shape index (κ1) is 14.0. The molecule has 1 aliphatic rings. The summed E-state index contributed by atoms with van der Waals surface area (Å²) in [7, 11) is 3.25. The van der Waals surface area contributed by atoms with Crippen LogP contribution in [0.15, 0.2) is 42.5 Å². The zero-order chi connectivity index (χ0) is 14.8. The second-order valence-corrected chi connectivity index (χ2v) is 5.40. The van der Waals surface area contributed by atoms with Crippen molar-refractivity contribution in [2.75, 3.05) is 14.2 Å². The Balaban J connectivity index is 1.97. The van der Waals surface area contributed by atoms with Crippen LogP contribution in [0.2, 0.25) is 0 Å². The third kappa shape index (κ3) is 2.49. The SMILES string of the molecule is COc1ccc(OC)c(C(O)C2CCc3ccccc32)c1. The highest BCUT2D eigenvalue weighted by Gasteiger charge is 2.31. The fraction of sp³-hybridized carbons (Fsp3) is 0.333. The number of fused-ring (bicyclic) bond motifs is 1. The Bertz CT molecular complexity index is 636. The topological polar surface area (TPSA) is 38.7 Å². The lowest BCUT2D eigenvalue weighted by Gasteiger charge is -2.22. The molecule has 0 radical (unpaired) electrons. The van der Waals surface area contributed by atoms with Crippen LogP contribution >= 0.6 is 0 Å². The van der Waals surface area contributed by atoms with Gasteiger partial charge in [-0.3, -0.25) is 0 Å². The molecule has 2 aromatic rings. The van der Waals surface area contributed by atoms with Gasteiger partial charge in [-0.15, -0.1) is 0 Å². The molecule has 0 spiro atoms. The zero-order valence-electron chi connectivity index (χ0n) is 12.4. The van der Waals surface area contributed by atoms with Crippen LogP contribution in [-0.4, -0.2) is 19.3 Å². The Labute approximate surface area is 125 Å². The monoisotopic (exact) mass is 284 g/mol. The summed E-state index contributed by atoms with van der Waals surface area (Å²) in [6.45, 7) is 0. The molecule has 0 fully saturated rings. The standard InChI is InChI=1S/C18H20O3/c1-20-13-8-10-17(21-2)16(11-13)18(19)15-9-7-12-5-3-4-6-14(12)15/h3-6,8,10-11,15,18-19H,7,9H2,1-2H3. The quantitative estimate of drug-likeness (QED) is 0.934. The van der Waals surface area contributed by atoms with Crippen LogP contribution in [0.1, 0.15) is 35.1 Å². The Hall–Kier alpha value is -2.00. The van der Waals surface area contributed by atoms with Gasteiger partial charge >= 0.3 is 0 Å². The molecular formula is C18H20O3. The van der Waals surface area contributed by atoms with E-state index < -0.39 is 6.10 Å². The summed E-state index contributed by atoms with van der Waals surface area (Å²) in [6.07, 6.45) is 1.39. The van der Waals surface area contributed by atoms with Crippen molar-refractivity contribution in [1.29, 1.82) is 0 Å². The largest absolute Gasteiger partial charge is 0.497 e. The third-order valence-corrected chi connectivity index (χ3v) is 4.32. The number of hydrogen-bond donors (Lipinski definition) is 1. The molecule has 2 atom stereocenters. The maximum atomic E-state index is 10.9. The highest BCUT2D eigenvalue weighted by molar-refractivity contribution is 5.45. The van der Waals surface area contributed by atoms with Gasteiger partial charge in [-0.05, 0) is 42.2 Å². The fourth-order valence-electron chi connectivity index (χ4n) is 3.21. The minimum atomic E-state index is -0.585. The molecule has 0 amide bonds. The van der Waals surface area contributed by atoms with Crippen molar-refractivity contribution in [2.45, 2.75) is 24.9 Å². The van der Waals surface area contributed by atoms with Gasteiger partial charge in [0.15, 0.2) is 0 Å². The number of rotatable bonds is 4. The number of aliphatic hydroxyl groups excluding tert-OH is 1. The number of hydrogen-bond acceptors (Lipinski definition) is 3. The van der Waals surface area contributed by atoms with E-state index in [-0.39, 0.29) is 5.92 Å². The van der Waals surface area contributed by atoms with Crippen molar-refractivity contribution >= 4 is 0 Å². The Kier molecular flexibility index (Phi) is 3.84. The van der Waals surface area contributed by atoms with Crippen molar-refractivity contribution in [3.05, 3.63) is 59.2 Å². The van der Waals surface area contributed by atoms with Gasteiger partial charge in [-0.1, -0.05) is 24.3 Å². The Morgan fingerprint density at radius 3 is 2.67 bits per heavy atom. The second kappa shape index (κ2) is 5.78. The summed E-state index contributed by atoms with van der Waals surface area (Å²) in [4.78, 5) is 0. The maximum absolute atomic E-state index is 10.9. The molecule has 0 aromatic heterocycles. The van der Waals surface area contributed by atoms with E-state index in [0.717, 1.165) is 24.2 Å². The Morgan fingerprint density at radius 1 is 1.10 bits per heavy atom. The molecule has 3 heteroatoms. The third-order valence-electron chi connectivity index (χ3n) is 4.32. The molecule has 0 heterocycles. The van der Waals surface area contributed by atoms with Gasteiger partial charge in [-0.2, -0.15) is 0 Å². The molecule has 2 aromatic carbocycles. The van der Waals surface area contributed by atoms with Gasteiger partial charge in [-0.25, -0.2) is 0 Å². The summed E-state index contributed by atoms with van der Waals surface area (Å²) >= 11 is 0. The van der Waals surface area contributed by atoms with Crippen LogP contribution in [0.3, 0.4) is 0 Å². The van der Waals surface area contributed by atoms with E-state index in [1.165, 1.54) is 11.1 Å². The minimum absolute atomic E-state index is 0.113. The van der Waals surface area contributed by atoms with Crippen LogP contribution < -0.4 is 9.47 Å². The van der Waals surface area contributed by atoms with Gasteiger partial charge in [0.2, 0.25) is 0 Å². The molecule has 1 N–H and O–H groups in total. The average molecular weight is 284 g/mol. The zero-order valence-corrected chi connectivity index (χ0v) is 12.4. The number of aryl methyl sites for hydroxylation is 1. The first-order valence-corrected chi connectivity index (χ1v) is 7.22. The molecule has 0 saturated heterocycles. The van der Waals surface area contributed by atoms with E-state index in [2.05, 4.69) is 18.2 Å². The number of methoxy groups -OCH3 is 2. The lowest BCUT2D eigenvalue weighted by atomic mass is 9.90. The predicted octanol–water partition coefficient (Wildman–Crippen LogP) is 3.47. The Morgan fingerprint density at radius 2 is 1.90 bits per heavy atom. The molecule has 1 aliphatic carbocycles. The van der Waals surface area contributed by atoms with Crippen LogP contribution in [0.25, 0.3) is 0 Å². The van der Waals surface area contributed by atoms with Crippen molar-refractivity contribution in [3.8, 4) is 11.5 Å². The highest BCUT2D eigenvalue weighted by atomic mass is 16.5. The van der Waals surface area contributed by atoms with E-state index >= 15 is 0 Å². The van der Waals surface area contributed by atoms with Crippen molar-refractivity contribution in [2.24, 2.45) is 0 Å². The summed E-state index contributed by atoms with van der Waals surface area (Å²) < 4.78 is 10.7. The lowest BCUT2D eigenvalue weighted by Crippen LogP contribution is -2.10. The van der Waals surface area contributed by atoms with E-state index in [9.17, 15) is 5.11 Å². The molecule has 0 aliphatic heterocycles. The molecule has 3 rings (SSSR count). The van der Waals surface area contributed by atoms with E-state index in [4.69, 9.17) is 9.47 Å². The van der Waals surface area contributed by atoms with Gasteiger partial charge < -0.3 is 14.6 Å². The molecule has 110 valence electrons. The molecule has 3 nitrogen and oxygen atoms in total. The number of ether oxygens (including phenoxy) is 2. The molecule has 21 heavy (non-hydrogen) atoms. The van der Waals surface area contributed by atoms with Crippen LogP contribution in [0, 0.1) is 0 Å². The number of benzene rings is 2. The highest BCUT2D eigenvalue weighted by Crippen LogP contribution is 2.44. The molecular weight excluding hydrogens is 264 g/mol. The van der Waals surface area contributed by atoms with Gasteiger partial charge in [0.05, 0.1) is 20.3 Å². The van der Waals surface area contributed by atoms with E-state index in [0.29, 0.717) is 5.75 Å². The summed E-state index contributed by atoms with van der Waals surface area (Å²) in [6, 6.07) is 13.9. The molecule has 2 unspecified atom stereocenters. The van der Waals surface area contributed by atoms with Crippen LogP contribution in [0.5, 0.6) is 11.5 Å². The van der Waals surface area contributed by atoms with E-state index in [1.54, 1.807) is 14.2 Å². The second-order valence-electron chi connectivity index (χ2n) is 5.40. The van der Waals surface area contributed by atoms with Crippen molar-refractivity contribution < 1.29 is 14.6 Å². The molecule has 0 saturated carbocycles. The number of aliphatic hydroxyl groups is 1. The average Bonchev–Trinajstić information content (AvgIpc) is 2.97. The summed E-state index contributed by atoms with van der Waals surface area (Å²) in [5.74, 6) is 1.55. The fourth-order valence-corrected chi connectivity index (χ4v) is 3.21. The smallest absolute Gasteiger partial charge is 0.124 e. The normalized spacial score (nSPS) is 18.1.